The lowest BCUT2D eigenvalue weighted by molar-refractivity contribution is -0.111. The van der Waals surface area contributed by atoms with Gasteiger partial charge in [0.1, 0.15) is 5.76 Å². The van der Waals surface area contributed by atoms with Crippen LogP contribution in [0, 0.1) is 0 Å². The third-order valence-electron chi connectivity index (χ3n) is 2.32. The number of aromatic nitrogens is 2. The van der Waals surface area contributed by atoms with E-state index in [2.05, 4.69) is 15.5 Å². The molecule has 0 atom stereocenters. The van der Waals surface area contributed by atoms with Gasteiger partial charge >= 0.3 is 0 Å². The number of sulfone groups is 1. The fourth-order valence-corrected chi connectivity index (χ4v) is 3.79. The SMILES string of the molecule is CCCS(=O)(=O)c1nnc(NC(=O)/C=C/c2ccco2)s1. The number of nitrogens with zero attached hydrogens (tertiary/aromatic N) is 2. The number of rotatable bonds is 6. The van der Waals surface area contributed by atoms with Crippen LogP contribution in [-0.2, 0) is 14.6 Å². The van der Waals surface area contributed by atoms with Gasteiger partial charge in [-0.15, -0.1) is 10.2 Å². The normalized spacial score (nSPS) is 11.9. The fraction of sp³-hybridized carbons (Fsp3) is 0.250. The summed E-state index contributed by atoms with van der Waals surface area (Å²) in [6.45, 7) is 1.76. The highest BCUT2D eigenvalue weighted by Gasteiger charge is 2.19. The molecule has 0 saturated carbocycles. The first-order valence-corrected chi connectivity index (χ1v) is 8.57. The Balaban J connectivity index is 2.01. The summed E-state index contributed by atoms with van der Waals surface area (Å²) < 4.78 is 28.5. The zero-order valence-corrected chi connectivity index (χ0v) is 12.8. The van der Waals surface area contributed by atoms with Crippen molar-refractivity contribution in [3.63, 3.8) is 0 Å². The monoisotopic (exact) mass is 327 g/mol. The summed E-state index contributed by atoms with van der Waals surface area (Å²) in [5.41, 5.74) is 0. The second kappa shape index (κ2) is 6.64. The van der Waals surface area contributed by atoms with Gasteiger partial charge in [0.15, 0.2) is 0 Å². The molecule has 2 rings (SSSR count). The molecule has 0 unspecified atom stereocenters. The van der Waals surface area contributed by atoms with Crippen molar-refractivity contribution in [2.45, 2.75) is 17.7 Å². The van der Waals surface area contributed by atoms with E-state index in [4.69, 9.17) is 4.42 Å². The highest BCUT2D eigenvalue weighted by molar-refractivity contribution is 7.93. The number of furan rings is 1. The minimum absolute atomic E-state index is 0.00791. The smallest absolute Gasteiger partial charge is 0.250 e. The maximum atomic E-state index is 11.8. The highest BCUT2D eigenvalue weighted by atomic mass is 32.2. The van der Waals surface area contributed by atoms with Crippen LogP contribution in [-0.4, -0.2) is 30.3 Å². The van der Waals surface area contributed by atoms with Crippen LogP contribution in [0.2, 0.25) is 0 Å². The van der Waals surface area contributed by atoms with Crippen molar-refractivity contribution in [2.75, 3.05) is 11.1 Å². The lowest BCUT2D eigenvalue weighted by Gasteiger charge is -1.95. The van der Waals surface area contributed by atoms with Gasteiger partial charge in [0.25, 0.3) is 0 Å². The molecule has 0 aliphatic heterocycles. The Hall–Kier alpha value is -2.00. The van der Waals surface area contributed by atoms with Crippen LogP contribution in [0.4, 0.5) is 5.13 Å². The van der Waals surface area contributed by atoms with E-state index in [0.29, 0.717) is 12.2 Å². The van der Waals surface area contributed by atoms with Crippen LogP contribution in [0.25, 0.3) is 6.08 Å². The van der Waals surface area contributed by atoms with Gasteiger partial charge in [0, 0.05) is 6.08 Å². The summed E-state index contributed by atoms with van der Waals surface area (Å²) in [5, 5.41) is 9.83. The van der Waals surface area contributed by atoms with E-state index >= 15 is 0 Å². The van der Waals surface area contributed by atoms with E-state index in [-0.39, 0.29) is 15.2 Å². The number of nitrogens with one attached hydrogen (secondary N) is 1. The molecule has 0 aromatic carbocycles. The largest absolute Gasteiger partial charge is 0.465 e. The molecule has 0 aliphatic rings. The van der Waals surface area contributed by atoms with E-state index < -0.39 is 15.7 Å². The zero-order valence-electron chi connectivity index (χ0n) is 11.1. The summed E-state index contributed by atoms with van der Waals surface area (Å²) in [7, 11) is -3.41. The van der Waals surface area contributed by atoms with Crippen molar-refractivity contribution in [2.24, 2.45) is 0 Å². The zero-order chi connectivity index (χ0) is 15.3. The van der Waals surface area contributed by atoms with Gasteiger partial charge in [-0.25, -0.2) is 8.42 Å². The fourth-order valence-electron chi connectivity index (χ4n) is 1.43. The summed E-state index contributed by atoms with van der Waals surface area (Å²) in [6.07, 6.45) is 4.74. The summed E-state index contributed by atoms with van der Waals surface area (Å²) in [6, 6.07) is 3.40. The van der Waals surface area contributed by atoms with E-state index in [1.54, 1.807) is 19.1 Å². The molecule has 112 valence electrons. The number of amides is 1. The van der Waals surface area contributed by atoms with Gasteiger partial charge in [-0.05, 0) is 24.6 Å². The molecular formula is C12H13N3O4S2. The summed E-state index contributed by atoms with van der Waals surface area (Å²) in [5.74, 6) is 0.101. The summed E-state index contributed by atoms with van der Waals surface area (Å²) in [4.78, 5) is 11.6. The topological polar surface area (TPSA) is 102 Å². The van der Waals surface area contributed by atoms with Crippen molar-refractivity contribution in [1.29, 1.82) is 0 Å². The molecule has 1 N–H and O–H groups in total. The van der Waals surface area contributed by atoms with Crippen LogP contribution in [0.5, 0.6) is 0 Å². The first-order chi connectivity index (χ1) is 10.0. The van der Waals surface area contributed by atoms with Crippen LogP contribution >= 0.6 is 11.3 Å². The number of carbonyl (C=O) groups is 1. The van der Waals surface area contributed by atoms with Crippen LogP contribution in [0.3, 0.4) is 0 Å². The summed E-state index contributed by atoms with van der Waals surface area (Å²) >= 11 is 0.832. The van der Waals surface area contributed by atoms with Crippen molar-refractivity contribution < 1.29 is 17.6 Å². The van der Waals surface area contributed by atoms with Gasteiger partial charge in [0.05, 0.1) is 12.0 Å². The van der Waals surface area contributed by atoms with Crippen molar-refractivity contribution in [3.05, 3.63) is 30.2 Å². The van der Waals surface area contributed by atoms with Crippen molar-refractivity contribution in [1.82, 2.24) is 10.2 Å². The second-order valence-corrected chi connectivity index (χ2v) is 7.29. The molecule has 0 saturated heterocycles. The maximum absolute atomic E-state index is 11.8. The molecule has 0 radical (unpaired) electrons. The molecule has 2 aromatic heterocycles. The Morgan fingerprint density at radius 2 is 2.29 bits per heavy atom. The third kappa shape index (κ3) is 4.23. The molecule has 1 amide bonds. The quantitative estimate of drug-likeness (QED) is 0.643. The van der Waals surface area contributed by atoms with Gasteiger partial charge in [-0.1, -0.05) is 18.3 Å². The number of hydrogen-bond acceptors (Lipinski definition) is 7. The average molecular weight is 327 g/mol. The molecule has 2 heterocycles. The average Bonchev–Trinajstić information content (AvgIpc) is 3.07. The minimum Gasteiger partial charge on any atom is -0.465 e. The maximum Gasteiger partial charge on any atom is 0.250 e. The molecule has 7 nitrogen and oxygen atoms in total. The van der Waals surface area contributed by atoms with Crippen molar-refractivity contribution in [3.8, 4) is 0 Å². The van der Waals surface area contributed by atoms with E-state index in [1.165, 1.54) is 18.4 Å². The number of hydrogen-bond donors (Lipinski definition) is 1. The Morgan fingerprint density at radius 3 is 2.95 bits per heavy atom. The first-order valence-electron chi connectivity index (χ1n) is 6.10. The second-order valence-electron chi connectivity index (χ2n) is 4.03. The molecule has 0 fully saturated rings. The predicted molar refractivity (Wildman–Crippen MR) is 78.6 cm³/mol. The third-order valence-corrected chi connectivity index (χ3v) is 5.52. The molecule has 21 heavy (non-hydrogen) atoms. The Morgan fingerprint density at radius 1 is 1.48 bits per heavy atom. The first kappa shape index (κ1) is 15.4. The van der Waals surface area contributed by atoms with Gasteiger partial charge < -0.3 is 4.42 Å². The Kier molecular flexibility index (Phi) is 4.86. The predicted octanol–water partition coefficient (Wildman–Crippen LogP) is 1.97. The number of anilines is 1. The van der Waals surface area contributed by atoms with Crippen molar-refractivity contribution >= 4 is 38.3 Å². The van der Waals surface area contributed by atoms with Gasteiger partial charge in [-0.2, -0.15) is 0 Å². The highest BCUT2D eigenvalue weighted by Crippen LogP contribution is 2.21. The molecule has 2 aromatic rings. The van der Waals surface area contributed by atoms with Crippen LogP contribution < -0.4 is 5.32 Å². The van der Waals surface area contributed by atoms with E-state index in [9.17, 15) is 13.2 Å². The molecule has 0 bridgehead atoms. The Bertz CT molecular complexity index is 732. The molecular weight excluding hydrogens is 314 g/mol. The lowest BCUT2D eigenvalue weighted by Crippen LogP contribution is -2.07. The molecule has 9 heteroatoms. The van der Waals surface area contributed by atoms with Crippen LogP contribution in [0.1, 0.15) is 19.1 Å². The standard InChI is InChI=1S/C12H13N3O4S2/c1-2-8-21(17,18)12-15-14-11(20-12)13-10(16)6-5-9-4-3-7-19-9/h3-7H,2,8H2,1H3,(H,13,14,16)/b6-5+. The van der Waals surface area contributed by atoms with E-state index in [0.717, 1.165) is 11.3 Å². The minimum atomic E-state index is -3.41. The van der Waals surface area contributed by atoms with Gasteiger partial charge in [-0.3, -0.25) is 10.1 Å². The molecule has 0 spiro atoms. The van der Waals surface area contributed by atoms with E-state index in [1.807, 2.05) is 0 Å². The lowest BCUT2D eigenvalue weighted by atomic mass is 10.4. The molecule has 0 aliphatic carbocycles. The number of carbonyl (C=O) groups excluding carboxylic acids is 1. The Labute approximate surface area is 125 Å². The van der Waals surface area contributed by atoms with Gasteiger partial charge in [0.2, 0.25) is 25.2 Å². The van der Waals surface area contributed by atoms with Crippen LogP contribution in [0.15, 0.2) is 33.2 Å².